The van der Waals surface area contributed by atoms with Crippen LogP contribution in [0.1, 0.15) is 12.5 Å². The number of methoxy groups -OCH3 is 2. The standard InChI is InChI=1S/C15H21NO5/c1-11(15(18)16-8-9-19-2)21-14(17)10-12-6-4-5-7-13(12)20-3/h4-7,11H,8-10H2,1-3H3,(H,16,18)/t11-/m0/s1. The van der Waals surface area contributed by atoms with Gasteiger partial charge in [-0.1, -0.05) is 18.2 Å². The van der Waals surface area contributed by atoms with Gasteiger partial charge in [-0.3, -0.25) is 9.59 Å². The highest BCUT2D eigenvalue weighted by Crippen LogP contribution is 2.18. The topological polar surface area (TPSA) is 73.9 Å². The Morgan fingerprint density at radius 1 is 1.24 bits per heavy atom. The Hall–Kier alpha value is -2.08. The van der Waals surface area contributed by atoms with Gasteiger partial charge in [-0.15, -0.1) is 0 Å². The summed E-state index contributed by atoms with van der Waals surface area (Å²) in [6, 6.07) is 7.18. The van der Waals surface area contributed by atoms with Crippen molar-refractivity contribution < 1.29 is 23.8 Å². The maximum atomic E-state index is 11.8. The van der Waals surface area contributed by atoms with Crippen LogP contribution in [0, 0.1) is 0 Å². The Balaban J connectivity index is 2.47. The quantitative estimate of drug-likeness (QED) is 0.570. The van der Waals surface area contributed by atoms with Crippen LogP contribution >= 0.6 is 0 Å². The van der Waals surface area contributed by atoms with Crippen molar-refractivity contribution in [1.29, 1.82) is 0 Å². The number of carbonyl (C=O) groups excluding carboxylic acids is 2. The first-order chi connectivity index (χ1) is 10.1. The Kier molecular flexibility index (Phi) is 7.25. The van der Waals surface area contributed by atoms with Crippen molar-refractivity contribution in [1.82, 2.24) is 5.32 Å². The Morgan fingerprint density at radius 3 is 2.62 bits per heavy atom. The molecule has 0 aliphatic heterocycles. The Labute approximate surface area is 124 Å². The lowest BCUT2D eigenvalue weighted by atomic mass is 10.1. The largest absolute Gasteiger partial charge is 0.496 e. The van der Waals surface area contributed by atoms with Gasteiger partial charge in [0.25, 0.3) is 5.91 Å². The molecule has 1 N–H and O–H groups in total. The van der Waals surface area contributed by atoms with E-state index in [1.807, 2.05) is 12.1 Å². The van der Waals surface area contributed by atoms with Crippen molar-refractivity contribution in [2.24, 2.45) is 0 Å². The predicted octanol–water partition coefficient (Wildman–Crippen LogP) is 0.932. The molecule has 1 rings (SSSR count). The van der Waals surface area contributed by atoms with E-state index in [-0.39, 0.29) is 12.3 Å². The molecule has 0 aliphatic carbocycles. The normalized spacial score (nSPS) is 11.6. The summed E-state index contributed by atoms with van der Waals surface area (Å²) in [4.78, 5) is 23.5. The average Bonchev–Trinajstić information content (AvgIpc) is 2.47. The first-order valence-electron chi connectivity index (χ1n) is 6.66. The highest BCUT2D eigenvalue weighted by molar-refractivity contribution is 5.84. The number of hydrogen-bond donors (Lipinski definition) is 1. The number of ether oxygens (including phenoxy) is 3. The summed E-state index contributed by atoms with van der Waals surface area (Å²) in [6.07, 6.45) is -0.788. The predicted molar refractivity (Wildman–Crippen MR) is 77.1 cm³/mol. The first kappa shape index (κ1) is 17.0. The third-order valence-electron chi connectivity index (χ3n) is 2.81. The number of para-hydroxylation sites is 1. The molecule has 0 saturated carbocycles. The zero-order chi connectivity index (χ0) is 15.7. The summed E-state index contributed by atoms with van der Waals surface area (Å²) in [5, 5.41) is 2.61. The van der Waals surface area contributed by atoms with Gasteiger partial charge in [0.15, 0.2) is 6.10 Å². The maximum absolute atomic E-state index is 11.8. The van der Waals surface area contributed by atoms with Crippen molar-refractivity contribution in [3.63, 3.8) is 0 Å². The van der Waals surface area contributed by atoms with E-state index in [4.69, 9.17) is 14.2 Å². The van der Waals surface area contributed by atoms with Crippen LogP contribution in [0.2, 0.25) is 0 Å². The van der Waals surface area contributed by atoms with E-state index in [9.17, 15) is 9.59 Å². The van der Waals surface area contributed by atoms with Crippen LogP contribution in [0.25, 0.3) is 0 Å². The van der Waals surface area contributed by atoms with Crippen LogP contribution in [-0.2, 0) is 25.5 Å². The second-order valence-corrected chi connectivity index (χ2v) is 4.40. The number of rotatable bonds is 8. The average molecular weight is 295 g/mol. The molecule has 6 nitrogen and oxygen atoms in total. The van der Waals surface area contributed by atoms with Gasteiger partial charge >= 0.3 is 5.97 Å². The molecule has 0 spiro atoms. The molecule has 0 heterocycles. The molecule has 0 unspecified atom stereocenters. The van der Waals surface area contributed by atoms with Gasteiger partial charge in [-0.05, 0) is 13.0 Å². The summed E-state index contributed by atoms with van der Waals surface area (Å²) in [5.74, 6) is -0.207. The van der Waals surface area contributed by atoms with Gasteiger partial charge in [-0.25, -0.2) is 0 Å². The summed E-state index contributed by atoms with van der Waals surface area (Å²) in [7, 11) is 3.08. The van der Waals surface area contributed by atoms with E-state index in [2.05, 4.69) is 5.32 Å². The number of amides is 1. The summed E-state index contributed by atoms with van der Waals surface area (Å²) >= 11 is 0. The van der Waals surface area contributed by atoms with Gasteiger partial charge in [0, 0.05) is 19.2 Å². The molecule has 0 bridgehead atoms. The van der Waals surface area contributed by atoms with Crippen LogP contribution in [0.3, 0.4) is 0 Å². The molecule has 0 saturated heterocycles. The van der Waals surface area contributed by atoms with Gasteiger partial charge in [0.2, 0.25) is 0 Å². The molecule has 116 valence electrons. The minimum Gasteiger partial charge on any atom is -0.496 e. The Morgan fingerprint density at radius 2 is 1.95 bits per heavy atom. The maximum Gasteiger partial charge on any atom is 0.311 e. The summed E-state index contributed by atoms with van der Waals surface area (Å²) in [5.41, 5.74) is 0.719. The van der Waals surface area contributed by atoms with Crippen molar-refractivity contribution in [2.45, 2.75) is 19.4 Å². The number of benzene rings is 1. The third kappa shape index (κ3) is 5.83. The fourth-order valence-electron chi connectivity index (χ4n) is 1.72. The molecule has 1 atom stereocenters. The molecule has 0 aromatic heterocycles. The lowest BCUT2D eigenvalue weighted by Gasteiger charge is -2.14. The highest BCUT2D eigenvalue weighted by Gasteiger charge is 2.18. The zero-order valence-electron chi connectivity index (χ0n) is 12.5. The molecule has 1 aromatic rings. The van der Waals surface area contributed by atoms with Gasteiger partial charge in [0.1, 0.15) is 5.75 Å². The van der Waals surface area contributed by atoms with E-state index >= 15 is 0 Å². The van der Waals surface area contributed by atoms with Crippen molar-refractivity contribution in [3.8, 4) is 5.75 Å². The summed E-state index contributed by atoms with van der Waals surface area (Å²) < 4.78 is 15.1. The third-order valence-corrected chi connectivity index (χ3v) is 2.81. The SMILES string of the molecule is COCCNC(=O)[C@H](C)OC(=O)Cc1ccccc1OC. The minimum absolute atomic E-state index is 0.0553. The molecular formula is C15H21NO5. The minimum atomic E-state index is -0.843. The molecule has 1 aromatic carbocycles. The lowest BCUT2D eigenvalue weighted by molar-refractivity contribution is -0.154. The molecule has 21 heavy (non-hydrogen) atoms. The highest BCUT2D eigenvalue weighted by atomic mass is 16.5. The van der Waals surface area contributed by atoms with Crippen molar-refractivity contribution >= 4 is 11.9 Å². The van der Waals surface area contributed by atoms with Gasteiger partial charge < -0.3 is 19.5 Å². The van der Waals surface area contributed by atoms with Crippen LogP contribution in [0.5, 0.6) is 5.75 Å². The van der Waals surface area contributed by atoms with Gasteiger partial charge in [-0.2, -0.15) is 0 Å². The molecular weight excluding hydrogens is 274 g/mol. The van der Waals surface area contributed by atoms with Crippen molar-refractivity contribution in [2.75, 3.05) is 27.4 Å². The Bertz CT molecular complexity index is 475. The lowest BCUT2D eigenvalue weighted by Crippen LogP contribution is -2.37. The van der Waals surface area contributed by atoms with Gasteiger partial charge in [0.05, 0.1) is 20.1 Å². The van der Waals surface area contributed by atoms with E-state index in [1.54, 1.807) is 19.2 Å². The number of hydrogen-bond acceptors (Lipinski definition) is 5. The fraction of sp³-hybridized carbons (Fsp3) is 0.467. The molecule has 0 fully saturated rings. The first-order valence-corrected chi connectivity index (χ1v) is 6.66. The molecule has 0 radical (unpaired) electrons. The van der Waals surface area contributed by atoms with Crippen LogP contribution in [-0.4, -0.2) is 45.4 Å². The fourth-order valence-corrected chi connectivity index (χ4v) is 1.72. The van der Waals surface area contributed by atoms with Crippen molar-refractivity contribution in [3.05, 3.63) is 29.8 Å². The molecule has 1 amide bonds. The summed E-state index contributed by atoms with van der Waals surface area (Å²) in [6.45, 7) is 2.32. The van der Waals surface area contributed by atoms with E-state index in [1.165, 1.54) is 14.0 Å². The van der Waals surface area contributed by atoms with E-state index in [0.717, 1.165) is 5.56 Å². The monoisotopic (exact) mass is 295 g/mol. The molecule has 0 aliphatic rings. The van der Waals surface area contributed by atoms with Crippen LogP contribution in [0.4, 0.5) is 0 Å². The smallest absolute Gasteiger partial charge is 0.311 e. The number of carbonyl (C=O) groups is 2. The second kappa shape index (κ2) is 8.97. The zero-order valence-corrected chi connectivity index (χ0v) is 12.5. The second-order valence-electron chi connectivity index (χ2n) is 4.40. The van der Waals surface area contributed by atoms with E-state index in [0.29, 0.717) is 18.9 Å². The van der Waals surface area contributed by atoms with E-state index < -0.39 is 12.1 Å². The number of nitrogens with one attached hydrogen (secondary N) is 1. The van der Waals surface area contributed by atoms with Crippen LogP contribution < -0.4 is 10.1 Å². The number of esters is 1. The molecule has 6 heteroatoms. The van der Waals surface area contributed by atoms with Crippen LogP contribution in [0.15, 0.2) is 24.3 Å².